The van der Waals surface area contributed by atoms with Crippen molar-refractivity contribution in [3.63, 3.8) is 0 Å². The number of rotatable bonds is 3. The molecule has 1 fully saturated rings. The highest BCUT2D eigenvalue weighted by Crippen LogP contribution is 2.34. The van der Waals surface area contributed by atoms with Crippen molar-refractivity contribution >= 4 is 28.0 Å². The number of carbonyl (C=O) groups is 2. The number of nitrogen functional groups attached to an aromatic ring is 1. The molecule has 2 aromatic rings. The highest BCUT2D eigenvalue weighted by atomic mass is 32.1. The van der Waals surface area contributed by atoms with Crippen LogP contribution in [0.15, 0.2) is 22.8 Å². The Hall–Kier alpha value is -1.95. The number of anilines is 1. The number of nitrogens with two attached hydrogens (primary N) is 1. The van der Waals surface area contributed by atoms with Crippen molar-refractivity contribution in [1.82, 2.24) is 4.98 Å². The van der Waals surface area contributed by atoms with Crippen molar-refractivity contribution in [2.24, 2.45) is 5.92 Å². The summed E-state index contributed by atoms with van der Waals surface area (Å²) in [5.41, 5.74) is 6.25. The van der Waals surface area contributed by atoms with Gasteiger partial charge in [-0.1, -0.05) is 11.3 Å². The number of hydrogen-bond acceptors (Lipinski definition) is 6. The normalized spacial score (nSPS) is 16.5. The number of carbonyl (C=O) groups excluding carboxylic acids is 2. The lowest BCUT2D eigenvalue weighted by molar-refractivity contribution is -0.120. The third kappa shape index (κ3) is 2.38. The van der Waals surface area contributed by atoms with Crippen molar-refractivity contribution in [2.75, 3.05) is 5.73 Å². The number of ketones is 2. The van der Waals surface area contributed by atoms with Crippen LogP contribution in [0.25, 0.3) is 11.5 Å². The lowest BCUT2D eigenvalue weighted by atomic mass is 9.85. The predicted octanol–water partition coefficient (Wildman–Crippen LogP) is 2.93. The van der Waals surface area contributed by atoms with Crippen LogP contribution in [0.4, 0.5) is 5.13 Å². The smallest absolute Gasteiger partial charge is 0.181 e. The summed E-state index contributed by atoms with van der Waals surface area (Å²) in [6.45, 7) is 0. The maximum Gasteiger partial charge on any atom is 0.181 e. The van der Waals surface area contributed by atoms with Crippen LogP contribution < -0.4 is 5.73 Å². The van der Waals surface area contributed by atoms with Crippen molar-refractivity contribution in [3.8, 4) is 11.5 Å². The zero-order valence-corrected chi connectivity index (χ0v) is 11.6. The first kappa shape index (κ1) is 13.1. The molecule has 2 heterocycles. The summed E-state index contributed by atoms with van der Waals surface area (Å²) in [6.07, 6.45) is 3.75. The highest BCUT2D eigenvalue weighted by Gasteiger charge is 2.30. The largest absolute Gasteiger partial charge is 0.463 e. The second-order valence-electron chi connectivity index (χ2n) is 4.88. The summed E-state index contributed by atoms with van der Waals surface area (Å²) >= 11 is 1.19. The van der Waals surface area contributed by atoms with Gasteiger partial charge in [-0.3, -0.25) is 9.59 Å². The number of thiazole rings is 1. The Morgan fingerprint density at radius 2 is 2.15 bits per heavy atom. The van der Waals surface area contributed by atoms with Crippen molar-refractivity contribution in [1.29, 1.82) is 0 Å². The van der Waals surface area contributed by atoms with E-state index in [1.54, 1.807) is 18.4 Å². The first-order valence-electron chi connectivity index (χ1n) is 6.51. The standard InChI is InChI=1S/C14H14N2O3S/c15-14-16-11(10-2-1-7-19-10)13(20-14)12(18)8-3-5-9(17)6-4-8/h1-2,7-8H,3-6H2,(H2,15,16). The van der Waals surface area contributed by atoms with Crippen LogP contribution in [0, 0.1) is 5.92 Å². The zero-order chi connectivity index (χ0) is 14.1. The molecule has 0 radical (unpaired) electrons. The Labute approximate surface area is 119 Å². The average Bonchev–Trinajstić information content (AvgIpc) is 3.07. The van der Waals surface area contributed by atoms with Gasteiger partial charge in [-0.15, -0.1) is 0 Å². The minimum atomic E-state index is -0.110. The maximum atomic E-state index is 12.6. The molecule has 0 bridgehead atoms. The number of furan rings is 1. The van der Waals surface area contributed by atoms with Crippen LogP contribution in [0.5, 0.6) is 0 Å². The van der Waals surface area contributed by atoms with Gasteiger partial charge in [-0.05, 0) is 25.0 Å². The fraction of sp³-hybridized carbons (Fsp3) is 0.357. The van der Waals surface area contributed by atoms with Gasteiger partial charge in [0.05, 0.1) is 6.26 Å². The summed E-state index contributed by atoms with van der Waals surface area (Å²) in [4.78, 5) is 28.6. The van der Waals surface area contributed by atoms with Crippen molar-refractivity contribution in [2.45, 2.75) is 25.7 Å². The lowest BCUT2D eigenvalue weighted by Crippen LogP contribution is -2.21. The van der Waals surface area contributed by atoms with Gasteiger partial charge in [-0.25, -0.2) is 4.98 Å². The summed E-state index contributed by atoms with van der Waals surface area (Å²) < 4.78 is 5.31. The maximum absolute atomic E-state index is 12.6. The van der Waals surface area contributed by atoms with Gasteiger partial charge in [0, 0.05) is 18.8 Å². The fourth-order valence-electron chi connectivity index (χ4n) is 2.47. The molecule has 0 aromatic carbocycles. The lowest BCUT2D eigenvalue weighted by Gasteiger charge is -2.19. The molecule has 0 saturated heterocycles. The number of nitrogens with zero attached hydrogens (tertiary/aromatic N) is 1. The number of Topliss-reactive ketones (excluding diaryl/α,β-unsaturated/α-hetero) is 2. The van der Waals surface area contributed by atoms with E-state index in [0.29, 0.717) is 47.1 Å². The molecule has 1 aliphatic carbocycles. The summed E-state index contributed by atoms with van der Waals surface area (Å²) in [5, 5.41) is 0.353. The van der Waals surface area contributed by atoms with E-state index in [0.717, 1.165) is 0 Å². The van der Waals surface area contributed by atoms with Crippen LogP contribution in [0.1, 0.15) is 35.4 Å². The Kier molecular flexibility index (Phi) is 3.40. The minimum Gasteiger partial charge on any atom is -0.463 e. The second kappa shape index (κ2) is 5.20. The first-order valence-corrected chi connectivity index (χ1v) is 7.33. The molecule has 2 aromatic heterocycles. The Bertz CT molecular complexity index is 635. The van der Waals surface area contributed by atoms with Gasteiger partial charge in [0.15, 0.2) is 16.7 Å². The van der Waals surface area contributed by atoms with Gasteiger partial charge in [0.2, 0.25) is 0 Å². The van der Waals surface area contributed by atoms with Gasteiger partial charge in [-0.2, -0.15) is 0 Å². The summed E-state index contributed by atoms with van der Waals surface area (Å²) in [7, 11) is 0. The molecule has 0 aliphatic heterocycles. The van der Waals surface area contributed by atoms with Crippen LogP contribution in [0.2, 0.25) is 0 Å². The second-order valence-corrected chi connectivity index (χ2v) is 5.91. The molecule has 5 nitrogen and oxygen atoms in total. The topological polar surface area (TPSA) is 86.2 Å². The van der Waals surface area contributed by atoms with E-state index in [4.69, 9.17) is 10.2 Å². The molecule has 0 amide bonds. The molecule has 6 heteroatoms. The molecule has 0 spiro atoms. The summed E-state index contributed by atoms with van der Waals surface area (Å²) in [6, 6.07) is 3.51. The minimum absolute atomic E-state index is 0.0260. The first-order chi connectivity index (χ1) is 9.65. The van der Waals surface area contributed by atoms with E-state index in [1.807, 2.05) is 0 Å². The Morgan fingerprint density at radius 1 is 1.40 bits per heavy atom. The SMILES string of the molecule is Nc1nc(-c2ccco2)c(C(=O)C2CCC(=O)CC2)s1. The molecule has 0 unspecified atom stereocenters. The van der Waals surface area contributed by atoms with Crippen LogP contribution in [-0.2, 0) is 4.79 Å². The zero-order valence-electron chi connectivity index (χ0n) is 10.8. The molecule has 3 rings (SSSR count). The van der Waals surface area contributed by atoms with E-state index in [9.17, 15) is 9.59 Å². The monoisotopic (exact) mass is 290 g/mol. The Balaban J connectivity index is 1.90. The van der Waals surface area contributed by atoms with E-state index in [-0.39, 0.29) is 17.5 Å². The van der Waals surface area contributed by atoms with E-state index >= 15 is 0 Å². The van der Waals surface area contributed by atoms with Crippen molar-refractivity contribution in [3.05, 3.63) is 23.3 Å². The quantitative estimate of drug-likeness (QED) is 0.878. The van der Waals surface area contributed by atoms with Gasteiger partial charge < -0.3 is 10.2 Å². The van der Waals surface area contributed by atoms with E-state index in [2.05, 4.69) is 4.98 Å². The van der Waals surface area contributed by atoms with E-state index in [1.165, 1.54) is 11.3 Å². The Morgan fingerprint density at radius 3 is 2.80 bits per heavy atom. The third-order valence-electron chi connectivity index (χ3n) is 3.54. The summed E-state index contributed by atoms with van der Waals surface area (Å²) in [5.74, 6) is 0.705. The highest BCUT2D eigenvalue weighted by molar-refractivity contribution is 7.17. The van der Waals surface area contributed by atoms with Crippen LogP contribution in [0.3, 0.4) is 0 Å². The van der Waals surface area contributed by atoms with Crippen molar-refractivity contribution < 1.29 is 14.0 Å². The molecule has 2 N–H and O–H groups in total. The van der Waals surface area contributed by atoms with Crippen LogP contribution in [-0.4, -0.2) is 16.6 Å². The molecule has 104 valence electrons. The van der Waals surface area contributed by atoms with Crippen LogP contribution >= 0.6 is 11.3 Å². The number of aromatic nitrogens is 1. The molecule has 0 atom stereocenters. The van der Waals surface area contributed by atoms with E-state index < -0.39 is 0 Å². The molecule has 20 heavy (non-hydrogen) atoms. The van der Waals surface area contributed by atoms with Gasteiger partial charge >= 0.3 is 0 Å². The molecule has 1 saturated carbocycles. The molecular weight excluding hydrogens is 276 g/mol. The van der Waals surface area contributed by atoms with Gasteiger partial charge in [0.1, 0.15) is 16.4 Å². The average molecular weight is 290 g/mol. The van der Waals surface area contributed by atoms with Gasteiger partial charge in [0.25, 0.3) is 0 Å². The number of hydrogen-bond donors (Lipinski definition) is 1. The predicted molar refractivity (Wildman–Crippen MR) is 75.5 cm³/mol. The fourth-order valence-corrected chi connectivity index (χ4v) is 3.33. The molecular formula is C14H14N2O3S. The third-order valence-corrected chi connectivity index (χ3v) is 4.44. The molecule has 1 aliphatic rings.